The minimum Gasteiger partial charge on any atom is -0.326 e. The van der Waals surface area contributed by atoms with Crippen molar-refractivity contribution in [1.29, 1.82) is 0 Å². The van der Waals surface area contributed by atoms with Crippen LogP contribution >= 0.6 is 0 Å². The Balaban J connectivity index is 2.33. The molecule has 0 aromatic heterocycles. The summed E-state index contributed by atoms with van der Waals surface area (Å²) in [6, 6.07) is 12.2. The van der Waals surface area contributed by atoms with Crippen molar-refractivity contribution in [1.82, 2.24) is 0 Å². The second-order valence-electron chi connectivity index (χ2n) is 4.77. The topological polar surface area (TPSA) is 72.2 Å². The van der Waals surface area contributed by atoms with Gasteiger partial charge in [0.25, 0.3) is 10.0 Å². The van der Waals surface area contributed by atoms with Gasteiger partial charge in [0.05, 0.1) is 4.90 Å². The predicted octanol–water partition coefficient (Wildman–Crippen LogP) is 2.56. The zero-order valence-corrected chi connectivity index (χ0v) is 12.4. The molecule has 5 heteroatoms. The summed E-state index contributed by atoms with van der Waals surface area (Å²) in [5, 5.41) is 0. The maximum Gasteiger partial charge on any atom is 0.261 e. The first-order valence-corrected chi connectivity index (χ1v) is 7.80. The van der Waals surface area contributed by atoms with Crippen LogP contribution in [0.3, 0.4) is 0 Å². The number of hydrogen-bond acceptors (Lipinski definition) is 3. The number of rotatable bonds is 4. The first-order chi connectivity index (χ1) is 9.42. The van der Waals surface area contributed by atoms with Gasteiger partial charge in [0, 0.05) is 12.2 Å². The summed E-state index contributed by atoms with van der Waals surface area (Å²) in [7, 11) is -3.57. The fraction of sp³-hybridized carbons (Fsp3) is 0.200. The quantitative estimate of drug-likeness (QED) is 0.909. The molecule has 0 saturated carbocycles. The normalized spacial score (nSPS) is 11.3. The van der Waals surface area contributed by atoms with Gasteiger partial charge in [-0.1, -0.05) is 18.2 Å². The Morgan fingerprint density at radius 3 is 2.45 bits per heavy atom. The van der Waals surface area contributed by atoms with E-state index in [0.717, 1.165) is 16.7 Å². The molecule has 0 heterocycles. The van der Waals surface area contributed by atoms with Crippen molar-refractivity contribution in [3.8, 4) is 0 Å². The van der Waals surface area contributed by atoms with Gasteiger partial charge >= 0.3 is 0 Å². The Morgan fingerprint density at radius 1 is 1.10 bits per heavy atom. The minimum atomic E-state index is -3.57. The summed E-state index contributed by atoms with van der Waals surface area (Å²) in [5.41, 5.74) is 8.96. The summed E-state index contributed by atoms with van der Waals surface area (Å²) in [5.74, 6) is 0. The van der Waals surface area contributed by atoms with E-state index in [4.69, 9.17) is 5.73 Å². The highest BCUT2D eigenvalue weighted by Gasteiger charge is 2.15. The van der Waals surface area contributed by atoms with Crippen LogP contribution in [-0.2, 0) is 16.6 Å². The monoisotopic (exact) mass is 290 g/mol. The first kappa shape index (κ1) is 14.6. The zero-order valence-electron chi connectivity index (χ0n) is 11.6. The van der Waals surface area contributed by atoms with Crippen LogP contribution < -0.4 is 10.5 Å². The highest BCUT2D eigenvalue weighted by Crippen LogP contribution is 2.19. The number of nitrogens with one attached hydrogen (secondary N) is 1. The highest BCUT2D eigenvalue weighted by atomic mass is 32.2. The third-order valence-corrected chi connectivity index (χ3v) is 4.49. The van der Waals surface area contributed by atoms with Crippen molar-refractivity contribution in [3.63, 3.8) is 0 Å². The van der Waals surface area contributed by atoms with Crippen LogP contribution in [0.25, 0.3) is 0 Å². The van der Waals surface area contributed by atoms with E-state index in [9.17, 15) is 8.42 Å². The number of nitrogens with two attached hydrogens (primary N) is 1. The second kappa shape index (κ2) is 5.64. The number of hydrogen-bond donors (Lipinski definition) is 2. The van der Waals surface area contributed by atoms with Gasteiger partial charge in [0.15, 0.2) is 0 Å². The van der Waals surface area contributed by atoms with Gasteiger partial charge in [-0.15, -0.1) is 0 Å². The maximum atomic E-state index is 12.3. The van der Waals surface area contributed by atoms with Crippen molar-refractivity contribution in [3.05, 3.63) is 59.2 Å². The predicted molar refractivity (Wildman–Crippen MR) is 81.1 cm³/mol. The molecule has 0 radical (unpaired) electrons. The zero-order chi connectivity index (χ0) is 14.8. The van der Waals surface area contributed by atoms with Crippen molar-refractivity contribution < 1.29 is 8.42 Å². The van der Waals surface area contributed by atoms with Crippen LogP contribution in [-0.4, -0.2) is 8.42 Å². The summed E-state index contributed by atoms with van der Waals surface area (Å²) in [4.78, 5) is 0.244. The molecule has 0 aliphatic rings. The average Bonchev–Trinajstić information content (AvgIpc) is 2.38. The molecule has 0 aliphatic carbocycles. The summed E-state index contributed by atoms with van der Waals surface area (Å²) in [6.45, 7) is 4.17. The van der Waals surface area contributed by atoms with Gasteiger partial charge in [0.1, 0.15) is 0 Å². The molecule has 0 bridgehead atoms. The van der Waals surface area contributed by atoms with Gasteiger partial charge in [-0.25, -0.2) is 8.42 Å². The molecule has 0 atom stereocenters. The van der Waals surface area contributed by atoms with Crippen molar-refractivity contribution in [2.45, 2.75) is 25.3 Å². The van der Waals surface area contributed by atoms with Crippen LogP contribution in [0.2, 0.25) is 0 Å². The van der Waals surface area contributed by atoms with Crippen molar-refractivity contribution >= 4 is 15.7 Å². The number of benzene rings is 2. The fourth-order valence-corrected chi connectivity index (χ4v) is 3.12. The molecule has 4 nitrogen and oxygen atoms in total. The summed E-state index contributed by atoms with van der Waals surface area (Å²) >= 11 is 0. The van der Waals surface area contributed by atoms with Crippen LogP contribution in [0, 0.1) is 13.8 Å². The standard InChI is InChI=1S/C15H18N2O2S/c1-11-4-3-5-14(8-11)17-20(18,19)15-7-6-13(10-16)12(2)9-15/h3-9,17H,10,16H2,1-2H3. The number of sulfonamides is 1. The fourth-order valence-electron chi connectivity index (χ4n) is 1.99. The number of anilines is 1. The van der Waals surface area contributed by atoms with E-state index in [2.05, 4.69) is 4.72 Å². The van der Waals surface area contributed by atoms with Gasteiger partial charge < -0.3 is 5.73 Å². The van der Waals surface area contributed by atoms with E-state index in [1.807, 2.05) is 26.0 Å². The second-order valence-corrected chi connectivity index (χ2v) is 6.45. The molecule has 0 amide bonds. The molecule has 0 unspecified atom stereocenters. The minimum absolute atomic E-state index is 0.244. The molecule has 2 aromatic carbocycles. The molecule has 2 rings (SSSR count). The van der Waals surface area contributed by atoms with Crippen LogP contribution in [0.4, 0.5) is 5.69 Å². The lowest BCUT2D eigenvalue weighted by atomic mass is 10.1. The van der Waals surface area contributed by atoms with Crippen molar-refractivity contribution in [2.75, 3.05) is 4.72 Å². The van der Waals surface area contributed by atoms with Gasteiger partial charge in [-0.2, -0.15) is 0 Å². The maximum absolute atomic E-state index is 12.3. The van der Waals surface area contributed by atoms with E-state index >= 15 is 0 Å². The third-order valence-electron chi connectivity index (χ3n) is 3.11. The smallest absolute Gasteiger partial charge is 0.261 e. The van der Waals surface area contributed by atoms with E-state index < -0.39 is 10.0 Å². The molecule has 0 saturated heterocycles. The van der Waals surface area contributed by atoms with Crippen molar-refractivity contribution in [2.24, 2.45) is 5.73 Å². The summed E-state index contributed by atoms with van der Waals surface area (Å²) in [6.07, 6.45) is 0. The Labute approximate surface area is 119 Å². The molecule has 0 fully saturated rings. The lowest BCUT2D eigenvalue weighted by molar-refractivity contribution is 0.601. The Hall–Kier alpha value is -1.85. The van der Waals surface area contributed by atoms with Gasteiger partial charge in [-0.3, -0.25) is 4.72 Å². The molecule has 0 spiro atoms. The van der Waals surface area contributed by atoms with E-state index in [1.165, 1.54) is 0 Å². The molecule has 0 aliphatic heterocycles. The lowest BCUT2D eigenvalue weighted by Crippen LogP contribution is -2.13. The van der Waals surface area contributed by atoms with E-state index in [1.54, 1.807) is 30.3 Å². The molecule has 3 N–H and O–H groups in total. The molecular weight excluding hydrogens is 272 g/mol. The Kier molecular flexibility index (Phi) is 4.11. The Morgan fingerprint density at radius 2 is 1.85 bits per heavy atom. The highest BCUT2D eigenvalue weighted by molar-refractivity contribution is 7.92. The number of aryl methyl sites for hydroxylation is 2. The van der Waals surface area contributed by atoms with Gasteiger partial charge in [0.2, 0.25) is 0 Å². The van der Waals surface area contributed by atoms with Crippen LogP contribution in [0.5, 0.6) is 0 Å². The average molecular weight is 290 g/mol. The molecular formula is C15H18N2O2S. The van der Waals surface area contributed by atoms with E-state index in [0.29, 0.717) is 12.2 Å². The van der Waals surface area contributed by atoms with Crippen LogP contribution in [0.1, 0.15) is 16.7 Å². The van der Waals surface area contributed by atoms with Crippen LogP contribution in [0.15, 0.2) is 47.4 Å². The largest absolute Gasteiger partial charge is 0.326 e. The molecule has 2 aromatic rings. The third kappa shape index (κ3) is 3.18. The SMILES string of the molecule is Cc1cccc(NS(=O)(=O)c2ccc(CN)c(C)c2)c1. The van der Waals surface area contributed by atoms with E-state index in [-0.39, 0.29) is 4.90 Å². The lowest BCUT2D eigenvalue weighted by Gasteiger charge is -2.10. The molecule has 106 valence electrons. The van der Waals surface area contributed by atoms with Gasteiger partial charge in [-0.05, 0) is 54.8 Å². The molecule has 20 heavy (non-hydrogen) atoms. The summed E-state index contributed by atoms with van der Waals surface area (Å²) < 4.78 is 27.2. The first-order valence-electron chi connectivity index (χ1n) is 6.31. The Bertz CT molecular complexity index is 724.